The molecule has 6 rings (SSSR count). The summed E-state index contributed by atoms with van der Waals surface area (Å²) < 4.78 is 5.13. The number of hydrogen-bond donors (Lipinski definition) is 1. The van der Waals surface area contributed by atoms with E-state index in [1.165, 1.54) is 12.7 Å². The van der Waals surface area contributed by atoms with Crippen molar-refractivity contribution in [2.24, 2.45) is 34.5 Å². The highest BCUT2D eigenvalue weighted by molar-refractivity contribution is 5.96. The van der Waals surface area contributed by atoms with Crippen LogP contribution in [0.25, 0.3) is 0 Å². The average Bonchev–Trinajstić information content (AvgIpc) is 3.28. The van der Waals surface area contributed by atoms with E-state index in [0.29, 0.717) is 19.5 Å². The summed E-state index contributed by atoms with van der Waals surface area (Å²) in [7, 11) is 1.41. The molecule has 6 nitrogen and oxygen atoms in total. The molecule has 3 heterocycles. The van der Waals surface area contributed by atoms with Crippen LogP contribution in [-0.4, -0.2) is 54.5 Å². The average molecular weight is 399 g/mol. The van der Waals surface area contributed by atoms with Gasteiger partial charge in [0.1, 0.15) is 0 Å². The van der Waals surface area contributed by atoms with Crippen molar-refractivity contribution in [2.45, 2.75) is 39.0 Å². The minimum absolute atomic E-state index is 0.00158. The molecule has 3 aliphatic carbocycles. The van der Waals surface area contributed by atoms with Gasteiger partial charge in [-0.25, -0.2) is 0 Å². The largest absolute Gasteiger partial charge is 0.469 e. The van der Waals surface area contributed by atoms with Crippen molar-refractivity contribution in [1.82, 2.24) is 4.90 Å². The number of rotatable bonds is 2. The highest BCUT2D eigenvalue weighted by atomic mass is 16.5. The Morgan fingerprint density at radius 2 is 2.03 bits per heavy atom. The maximum absolute atomic E-state index is 14.2. The Kier molecular flexibility index (Phi) is 4.12. The monoisotopic (exact) mass is 399 g/mol. The summed E-state index contributed by atoms with van der Waals surface area (Å²) in [5.74, 6) is -0.812. The number of allylic oxidation sites excluding steroid dienone is 2. The van der Waals surface area contributed by atoms with Crippen LogP contribution in [0.3, 0.4) is 0 Å². The van der Waals surface area contributed by atoms with Gasteiger partial charge in [-0.2, -0.15) is 0 Å². The van der Waals surface area contributed by atoms with Gasteiger partial charge in [0.25, 0.3) is 0 Å². The molecule has 4 bridgehead atoms. The molecule has 6 aliphatic rings. The molecule has 29 heavy (non-hydrogen) atoms. The second-order valence-electron chi connectivity index (χ2n) is 9.68. The lowest BCUT2D eigenvalue weighted by Gasteiger charge is -2.56. The molecule has 1 amide bonds. The normalized spacial score (nSPS) is 43.1. The van der Waals surface area contributed by atoms with Crippen LogP contribution in [-0.2, 0) is 19.1 Å². The third kappa shape index (κ3) is 2.18. The van der Waals surface area contributed by atoms with E-state index in [-0.39, 0.29) is 47.9 Å². The van der Waals surface area contributed by atoms with Gasteiger partial charge >= 0.3 is 5.97 Å². The summed E-state index contributed by atoms with van der Waals surface area (Å²) >= 11 is 0. The summed E-state index contributed by atoms with van der Waals surface area (Å²) in [6.07, 6.45) is 7.43. The molecule has 1 saturated carbocycles. The standard InChI is InChI=1S/C23H29NO5/c1-13-10-24-11-15-5-3-14-4-6-16-17(20(27)29-2)9-23(19(14)16,21(24)28)22(15,12-25)8-7-18(13)26/h7-8,13,15-17,25H,3-6,9-12H2,1-2H3/t13-,15-,16-,17-,22-,23+/m1/s1. The number of aliphatic hydroxyl groups is 1. The third-order valence-electron chi connectivity index (χ3n) is 8.68. The number of piperidine rings is 1. The van der Waals surface area contributed by atoms with E-state index >= 15 is 0 Å². The number of carbonyl (C=O) groups is 3. The maximum Gasteiger partial charge on any atom is 0.309 e. The van der Waals surface area contributed by atoms with Crippen LogP contribution in [0.1, 0.15) is 39.0 Å². The Bertz CT molecular complexity index is 859. The van der Waals surface area contributed by atoms with Gasteiger partial charge in [-0.1, -0.05) is 24.1 Å². The summed E-state index contributed by atoms with van der Waals surface area (Å²) in [6.45, 7) is 2.64. The highest BCUT2D eigenvalue weighted by Crippen LogP contribution is 2.70. The molecule has 0 aromatic rings. The fraction of sp³-hybridized carbons (Fsp3) is 0.696. The van der Waals surface area contributed by atoms with Crippen LogP contribution in [0.2, 0.25) is 0 Å². The van der Waals surface area contributed by atoms with Crippen molar-refractivity contribution in [3.63, 3.8) is 0 Å². The molecule has 3 aliphatic heterocycles. The maximum atomic E-state index is 14.2. The van der Waals surface area contributed by atoms with Crippen molar-refractivity contribution in [3.8, 4) is 0 Å². The molecular formula is C23H29NO5. The zero-order valence-corrected chi connectivity index (χ0v) is 17.1. The lowest BCUT2D eigenvalue weighted by atomic mass is 9.52. The number of hydrogen-bond acceptors (Lipinski definition) is 5. The summed E-state index contributed by atoms with van der Waals surface area (Å²) in [5, 5.41) is 10.8. The van der Waals surface area contributed by atoms with Crippen molar-refractivity contribution in [1.29, 1.82) is 0 Å². The topological polar surface area (TPSA) is 83.9 Å². The Hall–Kier alpha value is -1.95. The van der Waals surface area contributed by atoms with Gasteiger partial charge in [0.05, 0.1) is 25.0 Å². The molecule has 1 N–H and O–H groups in total. The first-order valence-electron chi connectivity index (χ1n) is 10.8. The lowest BCUT2D eigenvalue weighted by Crippen LogP contribution is -2.64. The second-order valence-corrected chi connectivity index (χ2v) is 9.68. The Morgan fingerprint density at radius 1 is 1.28 bits per heavy atom. The van der Waals surface area contributed by atoms with Crippen molar-refractivity contribution in [2.75, 3.05) is 26.8 Å². The fourth-order valence-electron chi connectivity index (χ4n) is 7.37. The second kappa shape index (κ2) is 6.27. The number of amides is 1. The predicted octanol–water partition coefficient (Wildman–Crippen LogP) is 1.88. The number of ketones is 1. The van der Waals surface area contributed by atoms with Gasteiger partial charge in [-0.05, 0) is 50.0 Å². The van der Waals surface area contributed by atoms with Crippen LogP contribution in [0.5, 0.6) is 0 Å². The van der Waals surface area contributed by atoms with E-state index in [9.17, 15) is 19.5 Å². The minimum Gasteiger partial charge on any atom is -0.469 e. The molecule has 1 spiro atoms. The smallest absolute Gasteiger partial charge is 0.309 e. The van der Waals surface area contributed by atoms with Crippen LogP contribution < -0.4 is 0 Å². The first-order valence-corrected chi connectivity index (χ1v) is 10.8. The summed E-state index contributed by atoms with van der Waals surface area (Å²) in [6, 6.07) is 0. The lowest BCUT2D eigenvalue weighted by molar-refractivity contribution is -0.164. The van der Waals surface area contributed by atoms with Gasteiger partial charge in [-0.3, -0.25) is 14.4 Å². The zero-order chi connectivity index (χ0) is 20.6. The molecule has 0 radical (unpaired) electrons. The van der Waals surface area contributed by atoms with Crippen molar-refractivity contribution < 1.29 is 24.2 Å². The number of aliphatic hydroxyl groups excluding tert-OH is 1. The molecule has 1 saturated heterocycles. The first-order chi connectivity index (χ1) is 13.9. The van der Waals surface area contributed by atoms with Gasteiger partial charge < -0.3 is 14.7 Å². The summed E-state index contributed by atoms with van der Waals surface area (Å²) in [5.41, 5.74) is 0.648. The molecular weight excluding hydrogens is 370 g/mol. The zero-order valence-electron chi connectivity index (χ0n) is 17.1. The number of carbonyl (C=O) groups excluding carboxylic acids is 3. The molecule has 2 fully saturated rings. The quantitative estimate of drug-likeness (QED) is 0.566. The molecule has 0 aromatic carbocycles. The van der Waals surface area contributed by atoms with Gasteiger partial charge in [0.2, 0.25) is 5.91 Å². The van der Waals surface area contributed by atoms with Gasteiger partial charge in [0, 0.05) is 24.4 Å². The highest BCUT2D eigenvalue weighted by Gasteiger charge is 2.72. The Labute approximate surface area is 171 Å². The van der Waals surface area contributed by atoms with Crippen LogP contribution in [0, 0.1) is 34.5 Å². The van der Waals surface area contributed by atoms with Crippen LogP contribution in [0.4, 0.5) is 0 Å². The predicted molar refractivity (Wildman–Crippen MR) is 104 cm³/mol. The SMILES string of the molecule is COC(=O)[C@@H]1C[C@@]23C(=O)N4C[C@@H](CCC5=C2[C@@H]1CC5)[C@]3(CO)C=CC(=O)[C@H](C)C4. The van der Waals surface area contributed by atoms with E-state index in [1.807, 2.05) is 17.9 Å². The number of ether oxygens (including phenoxy) is 1. The fourth-order valence-corrected chi connectivity index (χ4v) is 7.37. The minimum atomic E-state index is -0.933. The van der Waals surface area contributed by atoms with Gasteiger partial charge in [-0.15, -0.1) is 0 Å². The molecule has 6 atom stereocenters. The first kappa shape index (κ1) is 19.0. The molecule has 6 heteroatoms. The molecule has 0 unspecified atom stereocenters. The van der Waals surface area contributed by atoms with E-state index in [0.717, 1.165) is 31.3 Å². The van der Waals surface area contributed by atoms with Crippen molar-refractivity contribution in [3.05, 3.63) is 23.3 Å². The Morgan fingerprint density at radius 3 is 2.76 bits per heavy atom. The molecule has 0 aromatic heterocycles. The number of esters is 1. The van der Waals surface area contributed by atoms with E-state index in [1.54, 1.807) is 6.08 Å². The number of nitrogens with zero attached hydrogens (tertiary/aromatic N) is 1. The number of fused-ring (bicyclic) bond motifs is 3. The van der Waals surface area contributed by atoms with E-state index in [2.05, 4.69) is 0 Å². The van der Waals surface area contributed by atoms with E-state index in [4.69, 9.17) is 4.74 Å². The van der Waals surface area contributed by atoms with Crippen molar-refractivity contribution >= 4 is 17.7 Å². The van der Waals surface area contributed by atoms with Crippen LogP contribution in [0.15, 0.2) is 23.3 Å². The summed E-state index contributed by atoms with van der Waals surface area (Å²) in [4.78, 5) is 41.4. The number of methoxy groups -OCH3 is 1. The van der Waals surface area contributed by atoms with Crippen LogP contribution >= 0.6 is 0 Å². The Balaban J connectivity index is 1.79. The van der Waals surface area contributed by atoms with Gasteiger partial charge in [0.15, 0.2) is 5.78 Å². The third-order valence-corrected chi connectivity index (χ3v) is 8.68. The molecule has 156 valence electrons. The van der Waals surface area contributed by atoms with E-state index < -0.39 is 10.8 Å².